The van der Waals surface area contributed by atoms with Crippen molar-refractivity contribution in [2.75, 3.05) is 13.1 Å². The van der Waals surface area contributed by atoms with Crippen LogP contribution in [0.4, 0.5) is 0 Å². The summed E-state index contributed by atoms with van der Waals surface area (Å²) in [6.07, 6.45) is 7.46. The molecule has 2 fully saturated rings. The first-order valence-electron chi connectivity index (χ1n) is 11.9. The summed E-state index contributed by atoms with van der Waals surface area (Å²) in [6, 6.07) is 14.9. The fourth-order valence-corrected chi connectivity index (χ4v) is 6.26. The van der Waals surface area contributed by atoms with Crippen LogP contribution in [-0.2, 0) is 4.79 Å². The maximum absolute atomic E-state index is 13.2. The average molecular weight is 450 g/mol. The van der Waals surface area contributed by atoms with E-state index >= 15 is 0 Å². The molecule has 1 saturated carbocycles. The molecule has 0 atom stereocenters. The Kier molecular flexibility index (Phi) is 6.05. The lowest BCUT2D eigenvalue weighted by Gasteiger charge is -2.32. The lowest BCUT2D eigenvalue weighted by atomic mass is 9.92. The number of likely N-dealkylation sites (tertiary alicyclic amines) is 1. The minimum absolute atomic E-state index is 0.0359. The van der Waals surface area contributed by atoms with E-state index in [4.69, 9.17) is 0 Å². The molecule has 6 heteroatoms. The normalized spacial score (nSPS) is 18.2. The maximum atomic E-state index is 13.2. The van der Waals surface area contributed by atoms with Gasteiger partial charge in [0.05, 0.1) is 10.4 Å². The number of carbonyl (C=O) groups excluding carboxylic acids is 2. The maximum Gasteiger partial charge on any atom is 0.263 e. The van der Waals surface area contributed by atoms with E-state index in [0.717, 1.165) is 46.8 Å². The van der Waals surface area contributed by atoms with E-state index in [0.29, 0.717) is 19.1 Å². The van der Waals surface area contributed by atoms with Gasteiger partial charge in [-0.05, 0) is 56.9 Å². The second-order valence-corrected chi connectivity index (χ2v) is 10.3. The predicted octanol–water partition coefficient (Wildman–Crippen LogP) is 5.30. The van der Waals surface area contributed by atoms with Gasteiger partial charge in [0, 0.05) is 36.1 Å². The molecule has 32 heavy (non-hydrogen) atoms. The zero-order valence-electron chi connectivity index (χ0n) is 18.7. The molecule has 1 aliphatic heterocycles. The summed E-state index contributed by atoms with van der Waals surface area (Å²) in [5.74, 6) is 0.313. The number of piperidine rings is 1. The molecule has 5 rings (SSSR count). The summed E-state index contributed by atoms with van der Waals surface area (Å²) >= 11 is 1.54. The molecule has 1 N–H and O–H groups in total. The summed E-state index contributed by atoms with van der Waals surface area (Å²) < 4.78 is 2.22. The Morgan fingerprint density at radius 2 is 1.72 bits per heavy atom. The van der Waals surface area contributed by atoms with E-state index in [1.807, 2.05) is 23.1 Å². The van der Waals surface area contributed by atoms with E-state index in [1.54, 1.807) is 11.3 Å². The van der Waals surface area contributed by atoms with Crippen molar-refractivity contribution in [2.24, 2.45) is 5.92 Å². The Morgan fingerprint density at radius 3 is 2.50 bits per heavy atom. The van der Waals surface area contributed by atoms with Crippen LogP contribution >= 0.6 is 11.3 Å². The molecule has 1 saturated heterocycles. The third-order valence-corrected chi connectivity index (χ3v) is 8.08. The highest BCUT2D eigenvalue weighted by molar-refractivity contribution is 7.16. The van der Waals surface area contributed by atoms with Crippen LogP contribution < -0.4 is 5.32 Å². The Balaban J connectivity index is 1.22. The summed E-state index contributed by atoms with van der Waals surface area (Å²) in [5.41, 5.74) is 2.33. The molecule has 0 spiro atoms. The highest BCUT2D eigenvalue weighted by Crippen LogP contribution is 2.30. The van der Waals surface area contributed by atoms with Crippen LogP contribution in [0.2, 0.25) is 0 Å². The number of carbonyl (C=O) groups is 2. The second kappa shape index (κ2) is 9.10. The van der Waals surface area contributed by atoms with Crippen molar-refractivity contribution >= 4 is 34.1 Å². The second-order valence-electron chi connectivity index (χ2n) is 9.23. The number of aromatic nitrogens is 1. The first kappa shape index (κ1) is 21.3. The predicted molar refractivity (Wildman–Crippen MR) is 130 cm³/mol. The van der Waals surface area contributed by atoms with Gasteiger partial charge in [0.15, 0.2) is 0 Å². The van der Waals surface area contributed by atoms with Crippen LogP contribution in [-0.4, -0.2) is 40.4 Å². The lowest BCUT2D eigenvalue weighted by Crippen LogP contribution is -2.45. The highest BCUT2D eigenvalue weighted by atomic mass is 32.1. The fourth-order valence-electron chi connectivity index (χ4n) is 5.21. The summed E-state index contributed by atoms with van der Waals surface area (Å²) in [7, 11) is 0. The highest BCUT2D eigenvalue weighted by Gasteiger charge is 2.29. The first-order chi connectivity index (χ1) is 15.6. The van der Waals surface area contributed by atoms with Crippen LogP contribution in [0.3, 0.4) is 0 Å². The van der Waals surface area contributed by atoms with Gasteiger partial charge in [0.1, 0.15) is 5.00 Å². The van der Waals surface area contributed by atoms with Gasteiger partial charge in [-0.3, -0.25) is 9.59 Å². The minimum atomic E-state index is 0.0359. The molecule has 0 unspecified atom stereocenters. The Morgan fingerprint density at radius 1 is 0.969 bits per heavy atom. The van der Waals surface area contributed by atoms with Crippen LogP contribution in [0.1, 0.15) is 60.3 Å². The van der Waals surface area contributed by atoms with Crippen molar-refractivity contribution in [1.82, 2.24) is 14.8 Å². The number of nitrogens with zero attached hydrogens (tertiary/aromatic N) is 2. The zero-order valence-corrected chi connectivity index (χ0v) is 19.5. The molecule has 0 bridgehead atoms. The fraction of sp³-hybridized carbons (Fsp3) is 0.462. The van der Waals surface area contributed by atoms with Gasteiger partial charge in [0.25, 0.3) is 5.91 Å². The smallest absolute Gasteiger partial charge is 0.263 e. The van der Waals surface area contributed by atoms with Gasteiger partial charge < -0.3 is 14.8 Å². The SMILES string of the molecule is Cc1cc2ccccc2n1-c1ccc(C(=O)N2CCC(C(=O)NC3CCCCC3)CC2)s1. The average Bonchev–Trinajstić information content (AvgIpc) is 3.43. The molecule has 3 heterocycles. The molecule has 2 amide bonds. The third-order valence-electron chi connectivity index (χ3n) is 7.02. The molecule has 2 aromatic heterocycles. The van der Waals surface area contributed by atoms with Crippen LogP contribution in [0.15, 0.2) is 42.5 Å². The zero-order chi connectivity index (χ0) is 22.1. The number of aryl methyl sites for hydroxylation is 1. The largest absolute Gasteiger partial charge is 0.353 e. The van der Waals surface area contributed by atoms with E-state index in [2.05, 4.69) is 41.1 Å². The lowest BCUT2D eigenvalue weighted by molar-refractivity contribution is -0.127. The molecule has 2 aliphatic rings. The standard InChI is InChI=1S/C26H31N3O2S/c1-18-17-20-7-5-6-10-22(20)29(18)24-12-11-23(32-24)26(31)28-15-13-19(14-16-28)25(30)27-21-8-3-2-4-9-21/h5-7,10-12,17,19,21H,2-4,8-9,13-16H2,1H3,(H,27,30). The topological polar surface area (TPSA) is 54.3 Å². The summed E-state index contributed by atoms with van der Waals surface area (Å²) in [6.45, 7) is 3.41. The Bertz CT molecular complexity index is 1120. The number of nitrogens with one attached hydrogen (secondary N) is 1. The summed E-state index contributed by atoms with van der Waals surface area (Å²) in [4.78, 5) is 28.5. The monoisotopic (exact) mass is 449 g/mol. The van der Waals surface area contributed by atoms with Crippen molar-refractivity contribution in [3.05, 3.63) is 53.0 Å². The minimum Gasteiger partial charge on any atom is -0.353 e. The molecule has 168 valence electrons. The van der Waals surface area contributed by atoms with Crippen molar-refractivity contribution in [3.8, 4) is 5.00 Å². The number of hydrogen-bond acceptors (Lipinski definition) is 3. The van der Waals surface area contributed by atoms with Crippen LogP contribution in [0.5, 0.6) is 0 Å². The number of rotatable bonds is 4. The molecule has 3 aromatic rings. The molecular weight excluding hydrogens is 418 g/mol. The van der Waals surface area contributed by atoms with Gasteiger partial charge in [0.2, 0.25) is 5.91 Å². The number of fused-ring (bicyclic) bond motifs is 1. The molecule has 0 radical (unpaired) electrons. The van der Waals surface area contributed by atoms with Gasteiger partial charge >= 0.3 is 0 Å². The number of thiophene rings is 1. The quantitative estimate of drug-likeness (QED) is 0.587. The number of hydrogen-bond donors (Lipinski definition) is 1. The molecule has 1 aliphatic carbocycles. The van der Waals surface area contributed by atoms with Gasteiger partial charge in [-0.15, -0.1) is 11.3 Å². The van der Waals surface area contributed by atoms with Crippen molar-refractivity contribution in [2.45, 2.75) is 57.9 Å². The van der Waals surface area contributed by atoms with E-state index in [-0.39, 0.29) is 17.7 Å². The van der Waals surface area contributed by atoms with Gasteiger partial charge in [-0.25, -0.2) is 0 Å². The van der Waals surface area contributed by atoms with Crippen molar-refractivity contribution < 1.29 is 9.59 Å². The third kappa shape index (κ3) is 4.20. The van der Waals surface area contributed by atoms with Crippen molar-refractivity contribution in [3.63, 3.8) is 0 Å². The first-order valence-corrected chi connectivity index (χ1v) is 12.7. The van der Waals surface area contributed by atoms with E-state index < -0.39 is 0 Å². The van der Waals surface area contributed by atoms with Gasteiger partial charge in [-0.1, -0.05) is 37.5 Å². The molecular formula is C26H31N3O2S. The Hall–Kier alpha value is -2.60. The van der Waals surface area contributed by atoms with Gasteiger partial charge in [-0.2, -0.15) is 0 Å². The molecule has 5 nitrogen and oxygen atoms in total. The van der Waals surface area contributed by atoms with Crippen LogP contribution in [0.25, 0.3) is 15.9 Å². The van der Waals surface area contributed by atoms with Crippen molar-refractivity contribution in [1.29, 1.82) is 0 Å². The van der Waals surface area contributed by atoms with E-state index in [9.17, 15) is 9.59 Å². The molecule has 1 aromatic carbocycles. The number of amides is 2. The van der Waals surface area contributed by atoms with E-state index in [1.165, 1.54) is 24.6 Å². The Labute approximate surface area is 193 Å². The number of benzene rings is 1. The summed E-state index contributed by atoms with van der Waals surface area (Å²) in [5, 5.41) is 5.53. The van der Waals surface area contributed by atoms with Crippen LogP contribution in [0, 0.1) is 12.8 Å². The number of para-hydroxylation sites is 1.